The second-order valence-corrected chi connectivity index (χ2v) is 18.7. The van der Waals surface area contributed by atoms with Crippen molar-refractivity contribution in [1.29, 1.82) is 0 Å². The average molecular weight is 606 g/mol. The molecule has 2 N–H and O–H groups in total. The van der Waals surface area contributed by atoms with E-state index in [9.17, 15) is 14.7 Å². The fourth-order valence-electron chi connectivity index (χ4n) is 3.59. The molecule has 11 heteroatoms. The van der Waals surface area contributed by atoms with Gasteiger partial charge in [-0.2, -0.15) is 5.10 Å². The molecule has 0 spiro atoms. The number of rotatable bonds is 12. The van der Waals surface area contributed by atoms with Gasteiger partial charge in [0.1, 0.15) is 23.6 Å². The number of alkyl carbamates (subject to hydrolysis) is 1. The van der Waals surface area contributed by atoms with E-state index in [-0.39, 0.29) is 18.3 Å². The number of aryl methyl sites for hydroxylation is 1. The van der Waals surface area contributed by atoms with Crippen LogP contribution in [0, 0.1) is 0 Å². The van der Waals surface area contributed by atoms with E-state index in [0.29, 0.717) is 36.6 Å². The predicted octanol–water partition coefficient (Wildman–Crippen LogP) is 6.07. The predicted molar refractivity (Wildman–Crippen MR) is 166 cm³/mol. The number of benzene rings is 1. The van der Waals surface area contributed by atoms with Crippen molar-refractivity contribution in [3.63, 3.8) is 0 Å². The van der Waals surface area contributed by atoms with E-state index < -0.39 is 37.7 Å². The third kappa shape index (κ3) is 11.4. The molecule has 1 heterocycles. The largest absolute Gasteiger partial charge is 0.490 e. The van der Waals surface area contributed by atoms with Crippen LogP contribution in [0.4, 0.5) is 4.79 Å². The molecule has 2 rings (SSSR count). The minimum absolute atomic E-state index is 0.0292. The molecule has 1 amide bonds. The number of aliphatic hydroxyl groups is 1. The number of carbonyl (C=O) groups is 2. The summed E-state index contributed by atoms with van der Waals surface area (Å²) in [5.41, 5.74) is 1.04. The van der Waals surface area contributed by atoms with Crippen molar-refractivity contribution in [2.24, 2.45) is 0 Å². The van der Waals surface area contributed by atoms with E-state index in [1.165, 1.54) is 0 Å². The molecule has 236 valence electrons. The van der Waals surface area contributed by atoms with Gasteiger partial charge in [-0.3, -0.25) is 4.68 Å². The third-order valence-corrected chi connectivity index (χ3v) is 11.2. The van der Waals surface area contributed by atoms with Crippen LogP contribution in [-0.4, -0.2) is 65.7 Å². The lowest BCUT2D eigenvalue weighted by Gasteiger charge is -2.39. The van der Waals surface area contributed by atoms with Crippen molar-refractivity contribution in [1.82, 2.24) is 15.1 Å². The van der Waals surface area contributed by atoms with E-state index in [1.54, 1.807) is 4.68 Å². The average Bonchev–Trinajstić information content (AvgIpc) is 3.25. The molecule has 1 atom stereocenters. The van der Waals surface area contributed by atoms with Gasteiger partial charge >= 0.3 is 12.1 Å². The first-order valence-electron chi connectivity index (χ1n) is 14.5. The van der Waals surface area contributed by atoms with Crippen LogP contribution in [0.25, 0.3) is 11.3 Å². The Hall–Kier alpha value is -2.89. The number of amides is 1. The summed E-state index contributed by atoms with van der Waals surface area (Å²) in [5, 5.41) is 17.1. The van der Waals surface area contributed by atoms with Gasteiger partial charge in [0.2, 0.25) is 0 Å². The Morgan fingerprint density at radius 1 is 0.976 bits per heavy atom. The summed E-state index contributed by atoms with van der Waals surface area (Å²) in [4.78, 5) is 24.9. The molecule has 0 bridgehead atoms. The van der Waals surface area contributed by atoms with E-state index in [2.05, 4.69) is 44.3 Å². The number of aliphatic hydroxyl groups excluding tert-OH is 1. The first kappa shape index (κ1) is 35.3. The molecule has 0 aliphatic rings. The van der Waals surface area contributed by atoms with Crippen LogP contribution in [0.15, 0.2) is 30.3 Å². The Morgan fingerprint density at radius 3 is 2.10 bits per heavy atom. The summed E-state index contributed by atoms with van der Waals surface area (Å²) in [6, 6.07) is 9.23. The van der Waals surface area contributed by atoms with Crippen LogP contribution in [0.2, 0.25) is 18.1 Å². The number of esters is 1. The van der Waals surface area contributed by atoms with Crippen molar-refractivity contribution < 1.29 is 33.3 Å². The normalized spacial score (nSPS) is 13.4. The Bertz CT molecular complexity index is 1170. The van der Waals surface area contributed by atoms with Crippen LogP contribution in [0.1, 0.15) is 74.4 Å². The molecule has 42 heavy (non-hydrogen) atoms. The molecule has 2 aromatic rings. The minimum atomic E-state index is -2.27. The maximum atomic E-state index is 13.0. The van der Waals surface area contributed by atoms with Gasteiger partial charge in [0, 0.05) is 18.7 Å². The van der Waals surface area contributed by atoms with Gasteiger partial charge in [-0.1, -0.05) is 20.8 Å². The van der Waals surface area contributed by atoms with Crippen LogP contribution in [0.5, 0.6) is 5.75 Å². The molecular formula is C31H51N3O7Si. The van der Waals surface area contributed by atoms with Crippen LogP contribution >= 0.6 is 0 Å². The van der Waals surface area contributed by atoms with Crippen molar-refractivity contribution in [2.75, 3.05) is 13.2 Å². The quantitative estimate of drug-likeness (QED) is 0.170. The molecule has 0 fully saturated rings. The second-order valence-electron chi connectivity index (χ2n) is 13.9. The van der Waals surface area contributed by atoms with Gasteiger partial charge in [-0.25, -0.2) is 9.59 Å². The summed E-state index contributed by atoms with van der Waals surface area (Å²) >= 11 is 0. The molecular weight excluding hydrogens is 554 g/mol. The first-order valence-corrected chi connectivity index (χ1v) is 17.4. The molecule has 0 radical (unpaired) electrons. The lowest BCUT2D eigenvalue weighted by molar-refractivity contribution is -0.165. The maximum absolute atomic E-state index is 13.0. The highest BCUT2D eigenvalue weighted by Crippen LogP contribution is 2.37. The molecule has 0 aliphatic carbocycles. The van der Waals surface area contributed by atoms with E-state index in [1.807, 2.05) is 71.9 Å². The zero-order chi connectivity index (χ0) is 31.9. The fraction of sp³-hybridized carbons (Fsp3) is 0.645. The monoisotopic (exact) mass is 605 g/mol. The van der Waals surface area contributed by atoms with Crippen molar-refractivity contribution in [2.45, 2.75) is 117 Å². The highest BCUT2D eigenvalue weighted by atomic mass is 28.4. The van der Waals surface area contributed by atoms with E-state index in [4.69, 9.17) is 18.6 Å². The van der Waals surface area contributed by atoms with Gasteiger partial charge in [-0.05, 0) is 96.4 Å². The minimum Gasteiger partial charge on any atom is -0.490 e. The Balaban J connectivity index is 2.06. The smallest absolute Gasteiger partial charge is 0.407 e. The van der Waals surface area contributed by atoms with Crippen molar-refractivity contribution in [3.8, 4) is 17.0 Å². The van der Waals surface area contributed by atoms with Crippen molar-refractivity contribution in [3.05, 3.63) is 36.0 Å². The Morgan fingerprint density at radius 2 is 1.57 bits per heavy atom. The van der Waals surface area contributed by atoms with Gasteiger partial charge in [0.25, 0.3) is 0 Å². The molecule has 1 aromatic carbocycles. The highest BCUT2D eigenvalue weighted by molar-refractivity contribution is 6.74. The molecule has 0 saturated carbocycles. The topological polar surface area (TPSA) is 121 Å². The summed E-state index contributed by atoms with van der Waals surface area (Å²) in [7, 11) is -2.27. The molecule has 10 nitrogen and oxygen atoms in total. The molecule has 0 saturated heterocycles. The number of hydrogen-bond acceptors (Lipinski definition) is 8. The number of carbonyl (C=O) groups excluding carboxylic acids is 2. The van der Waals surface area contributed by atoms with Gasteiger partial charge < -0.3 is 29.1 Å². The molecule has 0 aliphatic heterocycles. The van der Waals surface area contributed by atoms with Gasteiger partial charge in [0.05, 0.1) is 18.0 Å². The first-order chi connectivity index (χ1) is 19.2. The Kier molecular flexibility index (Phi) is 11.8. The van der Waals surface area contributed by atoms with Gasteiger partial charge in [0.15, 0.2) is 14.4 Å². The number of hydrogen-bond donors (Lipinski definition) is 2. The summed E-state index contributed by atoms with van der Waals surface area (Å²) in [6.45, 7) is 22.3. The fourth-order valence-corrected chi connectivity index (χ4v) is 4.82. The number of ether oxygens (including phenoxy) is 3. The standard InChI is InChI=1S/C31H51N3O7Si/c1-29(2,3)39-27(36)26(41-42(10,11)31(7,8)9)21-38-24-15-13-22(14-16-24)25-19-23(20-35)34(33-25)18-12-17-32-28(37)40-30(4,5)6/h13-16,19,26,35H,12,17-18,20-21H2,1-11H3,(H,32,37)/t26-/m1/s1. The second kappa shape index (κ2) is 14.1. The number of nitrogens with zero attached hydrogens (tertiary/aromatic N) is 2. The Labute approximate surface area is 252 Å². The van der Waals surface area contributed by atoms with E-state index >= 15 is 0 Å². The van der Waals surface area contributed by atoms with E-state index in [0.717, 1.165) is 5.56 Å². The van der Waals surface area contributed by atoms with Crippen LogP contribution in [0.3, 0.4) is 0 Å². The zero-order valence-corrected chi connectivity index (χ0v) is 28.3. The summed E-state index contributed by atoms with van der Waals surface area (Å²) in [5.74, 6) is 0.147. The van der Waals surface area contributed by atoms with Crippen LogP contribution < -0.4 is 10.1 Å². The number of aromatic nitrogens is 2. The molecule has 1 aromatic heterocycles. The SMILES string of the molecule is CC(C)(C)OC(=O)NCCCn1nc(-c2ccc(OC[C@@H](O[Si](C)(C)C(C)(C)C)C(=O)OC(C)(C)C)cc2)cc1CO. The third-order valence-electron chi connectivity index (χ3n) is 6.70. The van der Waals surface area contributed by atoms with Crippen molar-refractivity contribution >= 4 is 20.4 Å². The number of nitrogens with one attached hydrogen (secondary N) is 1. The van der Waals surface area contributed by atoms with Gasteiger partial charge in [-0.15, -0.1) is 0 Å². The summed E-state index contributed by atoms with van der Waals surface area (Å²) < 4.78 is 25.0. The highest BCUT2D eigenvalue weighted by Gasteiger charge is 2.42. The zero-order valence-electron chi connectivity index (χ0n) is 27.3. The summed E-state index contributed by atoms with van der Waals surface area (Å²) in [6.07, 6.45) is -0.690. The lowest BCUT2D eigenvalue weighted by atomic mass is 10.1. The lowest BCUT2D eigenvalue weighted by Crippen LogP contribution is -2.49. The maximum Gasteiger partial charge on any atom is 0.407 e. The molecule has 0 unspecified atom stereocenters. The van der Waals surface area contributed by atoms with Crippen LogP contribution in [-0.2, 0) is 31.8 Å².